The molecule has 3 nitrogen and oxygen atoms in total. The molecule has 1 aliphatic carbocycles. The Bertz CT molecular complexity index is 457. The lowest BCUT2D eigenvalue weighted by Gasteiger charge is -2.22. The van der Waals surface area contributed by atoms with E-state index < -0.39 is 11.7 Å². The van der Waals surface area contributed by atoms with Gasteiger partial charge in [-0.05, 0) is 31.0 Å². The molecule has 0 aromatic heterocycles. The number of nitrogens with two attached hydrogens (primary N) is 1. The summed E-state index contributed by atoms with van der Waals surface area (Å²) in [5, 5.41) is 3.01. The van der Waals surface area contributed by atoms with Crippen LogP contribution < -0.4 is 11.1 Å². The molecule has 1 aromatic rings. The van der Waals surface area contributed by atoms with Crippen molar-refractivity contribution in [2.45, 2.75) is 44.4 Å². The van der Waals surface area contributed by atoms with Crippen LogP contribution in [0.4, 0.5) is 24.5 Å². The van der Waals surface area contributed by atoms with Crippen LogP contribution in [0.3, 0.4) is 0 Å². The Hall–Kier alpha value is -1.43. The van der Waals surface area contributed by atoms with Crippen molar-refractivity contribution < 1.29 is 17.9 Å². The number of alkyl halides is 3. The minimum atomic E-state index is -4.36. The van der Waals surface area contributed by atoms with Gasteiger partial charge in [0.15, 0.2) is 0 Å². The van der Waals surface area contributed by atoms with Gasteiger partial charge < -0.3 is 15.8 Å². The molecule has 3 N–H and O–H groups in total. The van der Waals surface area contributed by atoms with Crippen LogP contribution in [0.25, 0.3) is 0 Å². The fourth-order valence-electron chi connectivity index (χ4n) is 2.54. The number of benzene rings is 1. The molecule has 0 bridgehead atoms. The first-order valence-corrected chi connectivity index (χ1v) is 7.29. The summed E-state index contributed by atoms with van der Waals surface area (Å²) in [6.45, 7) is 1.07. The van der Waals surface area contributed by atoms with E-state index in [-0.39, 0.29) is 5.69 Å². The molecule has 1 aliphatic rings. The Kier molecular flexibility index (Phi) is 5.33. The highest BCUT2D eigenvalue weighted by Crippen LogP contribution is 2.32. The van der Waals surface area contributed by atoms with E-state index >= 15 is 0 Å². The Balaban J connectivity index is 1.78. The third-order valence-corrected chi connectivity index (χ3v) is 3.70. The van der Waals surface area contributed by atoms with Crippen LogP contribution in [0.5, 0.6) is 0 Å². The normalized spacial score (nSPS) is 16.9. The molecule has 0 atom stereocenters. The second-order valence-corrected chi connectivity index (χ2v) is 5.36. The molecule has 0 spiro atoms. The van der Waals surface area contributed by atoms with Gasteiger partial charge in [0.1, 0.15) is 0 Å². The predicted octanol–water partition coefficient (Wildman–Crippen LogP) is 4.05. The van der Waals surface area contributed by atoms with Gasteiger partial charge in [0.25, 0.3) is 0 Å². The average Bonchev–Trinajstić information content (AvgIpc) is 2.45. The maximum atomic E-state index is 12.5. The molecule has 0 aliphatic heterocycles. The topological polar surface area (TPSA) is 47.3 Å². The zero-order valence-electron chi connectivity index (χ0n) is 11.9. The van der Waals surface area contributed by atoms with Gasteiger partial charge in [-0.2, -0.15) is 13.2 Å². The molecule has 0 saturated heterocycles. The van der Waals surface area contributed by atoms with E-state index in [9.17, 15) is 13.2 Å². The number of hydrogen-bond acceptors (Lipinski definition) is 3. The molecule has 118 valence electrons. The van der Waals surface area contributed by atoms with Crippen molar-refractivity contribution in [2.75, 3.05) is 24.2 Å². The second-order valence-electron chi connectivity index (χ2n) is 5.36. The quantitative estimate of drug-likeness (QED) is 0.637. The van der Waals surface area contributed by atoms with Crippen molar-refractivity contribution in [1.29, 1.82) is 0 Å². The van der Waals surface area contributed by atoms with Crippen molar-refractivity contribution >= 4 is 11.4 Å². The number of ether oxygens (including phenoxy) is 1. The Morgan fingerprint density at radius 2 is 1.90 bits per heavy atom. The maximum absolute atomic E-state index is 12.5. The summed E-state index contributed by atoms with van der Waals surface area (Å²) >= 11 is 0. The lowest BCUT2D eigenvalue weighted by Crippen LogP contribution is -2.20. The third-order valence-electron chi connectivity index (χ3n) is 3.70. The van der Waals surface area contributed by atoms with Crippen LogP contribution in [-0.2, 0) is 10.9 Å². The van der Waals surface area contributed by atoms with Gasteiger partial charge in [0, 0.05) is 6.54 Å². The molecule has 1 aromatic carbocycles. The van der Waals surface area contributed by atoms with Crippen LogP contribution in [0, 0.1) is 0 Å². The number of rotatable bonds is 5. The Morgan fingerprint density at radius 1 is 1.19 bits per heavy atom. The van der Waals surface area contributed by atoms with Gasteiger partial charge >= 0.3 is 6.18 Å². The summed E-state index contributed by atoms with van der Waals surface area (Å²) < 4.78 is 43.3. The molecule has 0 amide bonds. The van der Waals surface area contributed by atoms with Crippen LogP contribution >= 0.6 is 0 Å². The number of hydrogen-bond donors (Lipinski definition) is 2. The molecule has 6 heteroatoms. The molecule has 2 rings (SSSR count). The molecule has 0 radical (unpaired) electrons. The van der Waals surface area contributed by atoms with E-state index in [1.165, 1.54) is 25.3 Å². The number of halogens is 3. The van der Waals surface area contributed by atoms with Crippen LogP contribution in [-0.4, -0.2) is 19.3 Å². The largest absolute Gasteiger partial charge is 0.416 e. The van der Waals surface area contributed by atoms with Gasteiger partial charge in [0.2, 0.25) is 0 Å². The number of nitrogens with one attached hydrogen (secondary N) is 1. The fourth-order valence-corrected chi connectivity index (χ4v) is 2.54. The second kappa shape index (κ2) is 7.02. The number of nitrogen functional groups attached to an aromatic ring is 1. The zero-order chi connectivity index (χ0) is 15.3. The smallest absolute Gasteiger partial charge is 0.397 e. The van der Waals surface area contributed by atoms with E-state index in [4.69, 9.17) is 10.5 Å². The third kappa shape index (κ3) is 4.81. The highest BCUT2D eigenvalue weighted by Gasteiger charge is 2.30. The first-order valence-electron chi connectivity index (χ1n) is 7.29. The first-order chi connectivity index (χ1) is 9.97. The van der Waals surface area contributed by atoms with E-state index in [1.807, 2.05) is 0 Å². The molecular formula is C15H21F3N2O. The highest BCUT2D eigenvalue weighted by atomic mass is 19.4. The first kappa shape index (κ1) is 15.9. The SMILES string of the molecule is Nc1cc(C(F)(F)F)ccc1NCCOC1CCCCC1. The van der Waals surface area contributed by atoms with Crippen molar-refractivity contribution in [3.63, 3.8) is 0 Å². The molecule has 1 saturated carbocycles. The summed E-state index contributed by atoms with van der Waals surface area (Å²) in [6.07, 6.45) is 1.86. The molecular weight excluding hydrogens is 281 g/mol. The number of anilines is 2. The van der Waals surface area contributed by atoms with Gasteiger partial charge in [-0.25, -0.2) is 0 Å². The summed E-state index contributed by atoms with van der Waals surface area (Å²) in [4.78, 5) is 0. The van der Waals surface area contributed by atoms with Crippen molar-refractivity contribution in [3.05, 3.63) is 23.8 Å². The van der Waals surface area contributed by atoms with E-state index in [0.29, 0.717) is 24.9 Å². The minimum Gasteiger partial charge on any atom is -0.397 e. The minimum absolute atomic E-state index is 0.0995. The Morgan fingerprint density at radius 3 is 2.52 bits per heavy atom. The predicted molar refractivity (Wildman–Crippen MR) is 77.2 cm³/mol. The molecule has 0 heterocycles. The average molecular weight is 302 g/mol. The van der Waals surface area contributed by atoms with Crippen LogP contribution in [0.15, 0.2) is 18.2 Å². The van der Waals surface area contributed by atoms with Gasteiger partial charge in [-0.3, -0.25) is 0 Å². The lowest BCUT2D eigenvalue weighted by atomic mass is 9.98. The monoisotopic (exact) mass is 302 g/mol. The zero-order valence-corrected chi connectivity index (χ0v) is 11.9. The van der Waals surface area contributed by atoms with Gasteiger partial charge in [-0.15, -0.1) is 0 Å². The van der Waals surface area contributed by atoms with E-state index in [1.54, 1.807) is 0 Å². The standard InChI is InChI=1S/C15H21F3N2O/c16-15(17,18)11-6-7-14(13(19)10-11)20-8-9-21-12-4-2-1-3-5-12/h6-7,10,12,20H,1-5,8-9,19H2. The highest BCUT2D eigenvalue weighted by molar-refractivity contribution is 5.67. The van der Waals surface area contributed by atoms with E-state index in [0.717, 1.165) is 25.0 Å². The van der Waals surface area contributed by atoms with Crippen molar-refractivity contribution in [2.24, 2.45) is 0 Å². The van der Waals surface area contributed by atoms with Gasteiger partial charge in [0.05, 0.1) is 29.6 Å². The Labute approximate surface area is 122 Å². The van der Waals surface area contributed by atoms with Crippen molar-refractivity contribution in [3.8, 4) is 0 Å². The summed E-state index contributed by atoms with van der Waals surface area (Å²) in [6, 6.07) is 3.34. The molecule has 21 heavy (non-hydrogen) atoms. The van der Waals surface area contributed by atoms with Gasteiger partial charge in [-0.1, -0.05) is 19.3 Å². The summed E-state index contributed by atoms with van der Waals surface area (Å²) in [7, 11) is 0. The van der Waals surface area contributed by atoms with Crippen molar-refractivity contribution in [1.82, 2.24) is 0 Å². The summed E-state index contributed by atoms with van der Waals surface area (Å²) in [5.74, 6) is 0. The molecule has 1 fully saturated rings. The summed E-state index contributed by atoms with van der Waals surface area (Å²) in [5.41, 5.74) is 5.52. The van der Waals surface area contributed by atoms with Crippen LogP contribution in [0.1, 0.15) is 37.7 Å². The lowest BCUT2D eigenvalue weighted by molar-refractivity contribution is -0.137. The van der Waals surface area contributed by atoms with E-state index in [2.05, 4.69) is 5.32 Å². The fraction of sp³-hybridized carbons (Fsp3) is 0.600. The van der Waals surface area contributed by atoms with Crippen LogP contribution in [0.2, 0.25) is 0 Å². The molecule has 0 unspecified atom stereocenters. The maximum Gasteiger partial charge on any atom is 0.416 e.